The van der Waals surface area contributed by atoms with Gasteiger partial charge in [-0.3, -0.25) is 9.48 Å². The Morgan fingerprint density at radius 3 is 2.85 bits per heavy atom. The van der Waals surface area contributed by atoms with Gasteiger partial charge in [0.25, 0.3) is 0 Å². The van der Waals surface area contributed by atoms with E-state index in [4.69, 9.17) is 4.74 Å². The number of halogens is 1. The lowest BCUT2D eigenvalue weighted by Gasteiger charge is -2.05. The summed E-state index contributed by atoms with van der Waals surface area (Å²) in [6, 6.07) is 5.81. The Balaban J connectivity index is 1.86. The van der Waals surface area contributed by atoms with Crippen LogP contribution in [0.2, 0.25) is 0 Å². The molecule has 0 aliphatic carbocycles. The van der Waals surface area contributed by atoms with Crippen molar-refractivity contribution in [3.8, 4) is 0 Å². The van der Waals surface area contributed by atoms with Gasteiger partial charge < -0.3 is 4.74 Å². The van der Waals surface area contributed by atoms with Gasteiger partial charge in [-0.2, -0.15) is 5.10 Å². The Morgan fingerprint density at radius 1 is 1.40 bits per heavy atom. The molecular formula is C15H15BrN2O2. The first-order valence-electron chi connectivity index (χ1n) is 6.47. The van der Waals surface area contributed by atoms with Gasteiger partial charge in [-0.05, 0) is 40.0 Å². The van der Waals surface area contributed by atoms with E-state index in [0.29, 0.717) is 19.6 Å². The molecule has 1 aromatic heterocycles. The molecule has 2 aromatic rings. The molecule has 0 fully saturated rings. The Labute approximate surface area is 125 Å². The predicted molar refractivity (Wildman–Crippen MR) is 78.6 cm³/mol. The van der Waals surface area contributed by atoms with Gasteiger partial charge in [0.15, 0.2) is 5.78 Å². The summed E-state index contributed by atoms with van der Waals surface area (Å²) in [6.45, 7) is 3.17. The number of ketones is 1. The summed E-state index contributed by atoms with van der Waals surface area (Å²) in [6.07, 6.45) is 0.345. The van der Waals surface area contributed by atoms with E-state index in [1.165, 1.54) is 5.56 Å². The van der Waals surface area contributed by atoms with Gasteiger partial charge in [0.2, 0.25) is 0 Å². The molecule has 0 saturated heterocycles. The molecule has 0 amide bonds. The highest BCUT2D eigenvalue weighted by atomic mass is 79.9. The van der Waals surface area contributed by atoms with Gasteiger partial charge in [-0.15, -0.1) is 0 Å². The van der Waals surface area contributed by atoms with Crippen molar-refractivity contribution in [1.82, 2.24) is 9.78 Å². The number of hydrogen-bond donors (Lipinski definition) is 0. The van der Waals surface area contributed by atoms with Crippen LogP contribution in [0.25, 0.3) is 0 Å². The molecule has 0 N–H and O–H groups in total. The predicted octanol–water partition coefficient (Wildman–Crippen LogP) is 2.95. The molecular weight excluding hydrogens is 320 g/mol. The molecule has 1 aliphatic rings. The maximum absolute atomic E-state index is 12.4. The van der Waals surface area contributed by atoms with Crippen LogP contribution in [-0.4, -0.2) is 15.6 Å². The van der Waals surface area contributed by atoms with Crippen molar-refractivity contribution in [3.05, 3.63) is 50.8 Å². The van der Waals surface area contributed by atoms with Crippen LogP contribution in [0.3, 0.4) is 0 Å². The summed E-state index contributed by atoms with van der Waals surface area (Å²) in [5.41, 5.74) is 4.84. The SMILES string of the molecule is Cc1nn(C)c(CC(=O)c2ccc3c(c2)COC3)c1Br. The lowest BCUT2D eigenvalue weighted by Crippen LogP contribution is -2.09. The Morgan fingerprint density at radius 2 is 2.15 bits per heavy atom. The van der Waals surface area contributed by atoms with Crippen LogP contribution in [-0.2, 0) is 31.4 Å². The molecule has 2 heterocycles. The molecule has 5 heteroatoms. The maximum atomic E-state index is 12.4. The summed E-state index contributed by atoms with van der Waals surface area (Å²) in [7, 11) is 1.86. The number of carbonyl (C=O) groups is 1. The number of fused-ring (bicyclic) bond motifs is 1. The smallest absolute Gasteiger partial charge is 0.168 e. The van der Waals surface area contributed by atoms with Crippen LogP contribution in [0.15, 0.2) is 22.7 Å². The molecule has 1 aliphatic heterocycles. The largest absolute Gasteiger partial charge is 0.372 e. The van der Waals surface area contributed by atoms with E-state index in [2.05, 4.69) is 21.0 Å². The number of hydrogen-bond acceptors (Lipinski definition) is 3. The third-order valence-corrected chi connectivity index (χ3v) is 4.66. The van der Waals surface area contributed by atoms with Crippen molar-refractivity contribution in [3.63, 3.8) is 0 Å². The molecule has 0 saturated carbocycles. The Kier molecular flexibility index (Phi) is 3.48. The minimum atomic E-state index is 0.100. The van der Waals surface area contributed by atoms with E-state index in [-0.39, 0.29) is 5.78 Å². The van der Waals surface area contributed by atoms with Gasteiger partial charge in [0.1, 0.15) is 0 Å². The number of aromatic nitrogens is 2. The minimum Gasteiger partial charge on any atom is -0.372 e. The van der Waals surface area contributed by atoms with Crippen LogP contribution >= 0.6 is 15.9 Å². The van der Waals surface area contributed by atoms with Crippen LogP contribution in [0.5, 0.6) is 0 Å². The first kappa shape index (κ1) is 13.5. The summed E-state index contributed by atoms with van der Waals surface area (Å²) in [5, 5.41) is 4.31. The van der Waals surface area contributed by atoms with E-state index in [9.17, 15) is 4.79 Å². The van der Waals surface area contributed by atoms with Crippen LogP contribution in [0.1, 0.15) is 32.9 Å². The van der Waals surface area contributed by atoms with Gasteiger partial charge in [-0.1, -0.05) is 12.1 Å². The van der Waals surface area contributed by atoms with E-state index >= 15 is 0 Å². The van der Waals surface area contributed by atoms with Crippen molar-refractivity contribution in [2.24, 2.45) is 7.05 Å². The molecule has 0 bridgehead atoms. The molecule has 0 radical (unpaired) electrons. The third kappa shape index (κ3) is 2.31. The van der Waals surface area contributed by atoms with E-state index in [1.807, 2.05) is 32.2 Å². The van der Waals surface area contributed by atoms with E-state index in [1.54, 1.807) is 4.68 Å². The molecule has 0 atom stereocenters. The lowest BCUT2D eigenvalue weighted by atomic mass is 10.0. The number of nitrogens with zero attached hydrogens (tertiary/aromatic N) is 2. The van der Waals surface area contributed by atoms with E-state index in [0.717, 1.165) is 27.0 Å². The van der Waals surface area contributed by atoms with Crippen molar-refractivity contribution in [1.29, 1.82) is 0 Å². The number of ether oxygens (including phenoxy) is 1. The summed E-state index contributed by atoms with van der Waals surface area (Å²) in [4.78, 5) is 12.4. The van der Waals surface area contributed by atoms with Crippen molar-refractivity contribution >= 4 is 21.7 Å². The van der Waals surface area contributed by atoms with Crippen molar-refractivity contribution in [2.75, 3.05) is 0 Å². The maximum Gasteiger partial charge on any atom is 0.168 e. The second-order valence-electron chi connectivity index (χ2n) is 5.05. The van der Waals surface area contributed by atoms with Crippen molar-refractivity contribution < 1.29 is 9.53 Å². The standard InChI is InChI=1S/C15H15BrN2O2/c1-9-15(16)13(18(2)17-9)6-14(19)10-3-4-11-7-20-8-12(11)5-10/h3-5H,6-8H2,1-2H3. The normalized spacial score (nSPS) is 13.6. The van der Waals surface area contributed by atoms with Gasteiger partial charge in [-0.25, -0.2) is 0 Å². The third-order valence-electron chi connectivity index (χ3n) is 3.63. The van der Waals surface area contributed by atoms with Gasteiger partial charge in [0, 0.05) is 12.6 Å². The fourth-order valence-electron chi connectivity index (χ4n) is 2.47. The molecule has 1 aromatic carbocycles. The van der Waals surface area contributed by atoms with Crippen molar-refractivity contribution in [2.45, 2.75) is 26.6 Å². The zero-order chi connectivity index (χ0) is 14.3. The minimum absolute atomic E-state index is 0.100. The topological polar surface area (TPSA) is 44.1 Å². The molecule has 20 heavy (non-hydrogen) atoms. The second-order valence-corrected chi connectivity index (χ2v) is 5.84. The Bertz CT molecular complexity index is 691. The van der Waals surface area contributed by atoms with E-state index < -0.39 is 0 Å². The summed E-state index contributed by atoms with van der Waals surface area (Å²) >= 11 is 3.50. The molecule has 3 rings (SSSR count). The highest BCUT2D eigenvalue weighted by Gasteiger charge is 2.18. The number of Topliss-reactive ketones (excluding diaryl/α,β-unsaturated/α-hetero) is 1. The summed E-state index contributed by atoms with van der Waals surface area (Å²) in [5.74, 6) is 0.100. The monoisotopic (exact) mass is 334 g/mol. The average Bonchev–Trinajstić information content (AvgIpc) is 2.98. The first-order valence-corrected chi connectivity index (χ1v) is 7.26. The fraction of sp³-hybridized carbons (Fsp3) is 0.333. The van der Waals surface area contributed by atoms with Crippen LogP contribution < -0.4 is 0 Å². The number of carbonyl (C=O) groups excluding carboxylic acids is 1. The molecule has 0 spiro atoms. The number of rotatable bonds is 3. The quantitative estimate of drug-likeness (QED) is 0.810. The first-order chi connectivity index (χ1) is 9.56. The highest BCUT2D eigenvalue weighted by Crippen LogP contribution is 2.24. The second kappa shape index (κ2) is 5.14. The lowest BCUT2D eigenvalue weighted by molar-refractivity contribution is 0.0990. The summed E-state index contributed by atoms with van der Waals surface area (Å²) < 4.78 is 8.05. The highest BCUT2D eigenvalue weighted by molar-refractivity contribution is 9.10. The number of benzene rings is 1. The van der Waals surface area contributed by atoms with Gasteiger partial charge >= 0.3 is 0 Å². The average molecular weight is 335 g/mol. The molecule has 4 nitrogen and oxygen atoms in total. The van der Waals surface area contributed by atoms with Gasteiger partial charge in [0.05, 0.1) is 35.5 Å². The fourth-order valence-corrected chi connectivity index (χ4v) is 2.95. The molecule has 104 valence electrons. The zero-order valence-electron chi connectivity index (χ0n) is 11.4. The van der Waals surface area contributed by atoms with Crippen LogP contribution in [0.4, 0.5) is 0 Å². The Hall–Kier alpha value is -1.46. The van der Waals surface area contributed by atoms with Crippen LogP contribution in [0, 0.1) is 6.92 Å². The number of aryl methyl sites for hydroxylation is 2. The molecule has 0 unspecified atom stereocenters. The zero-order valence-corrected chi connectivity index (χ0v) is 13.0.